The van der Waals surface area contributed by atoms with Crippen molar-refractivity contribution in [1.82, 2.24) is 0 Å². The number of hydrogen-bond donors (Lipinski definition) is 1. The molecular weight excluding hydrogens is 162 g/mol. The molecule has 0 aromatic rings. The molecule has 0 spiro atoms. The number of ether oxygens (including phenoxy) is 1. The van der Waals surface area contributed by atoms with Crippen LogP contribution in [0.1, 0.15) is 41.0 Å². The molecule has 2 heteroatoms. The molecule has 0 rings (SSSR count). The lowest BCUT2D eigenvalue weighted by atomic mass is 9.92. The highest BCUT2D eigenvalue weighted by molar-refractivity contribution is 5.06. The summed E-state index contributed by atoms with van der Waals surface area (Å²) in [4.78, 5) is 0. The van der Waals surface area contributed by atoms with Gasteiger partial charge in [0.25, 0.3) is 0 Å². The average molecular weight is 185 g/mol. The maximum absolute atomic E-state index is 6.05. The second kappa shape index (κ2) is 5.40. The van der Waals surface area contributed by atoms with Crippen molar-refractivity contribution in [2.24, 2.45) is 5.73 Å². The van der Waals surface area contributed by atoms with Crippen LogP contribution in [-0.4, -0.2) is 18.2 Å². The van der Waals surface area contributed by atoms with Gasteiger partial charge in [-0.2, -0.15) is 0 Å². The van der Waals surface area contributed by atoms with Gasteiger partial charge in [-0.1, -0.05) is 18.6 Å². The van der Waals surface area contributed by atoms with Gasteiger partial charge in [0, 0.05) is 6.61 Å². The summed E-state index contributed by atoms with van der Waals surface area (Å²) in [5.41, 5.74) is 7.07. The molecule has 0 heterocycles. The Kier molecular flexibility index (Phi) is 5.26. The van der Waals surface area contributed by atoms with Crippen LogP contribution >= 0.6 is 0 Å². The van der Waals surface area contributed by atoms with E-state index >= 15 is 0 Å². The van der Waals surface area contributed by atoms with Gasteiger partial charge in [0.05, 0.1) is 11.6 Å². The van der Waals surface area contributed by atoms with Crippen molar-refractivity contribution in [2.45, 2.75) is 52.7 Å². The van der Waals surface area contributed by atoms with Gasteiger partial charge in [-0.05, 0) is 34.1 Å². The Labute approximate surface area is 82.2 Å². The summed E-state index contributed by atoms with van der Waals surface area (Å²) in [7, 11) is 0. The Bertz CT molecular complexity index is 173. The van der Waals surface area contributed by atoms with Crippen LogP contribution in [0, 0.1) is 0 Å². The van der Waals surface area contributed by atoms with Crippen molar-refractivity contribution in [3.05, 3.63) is 11.6 Å². The monoisotopic (exact) mass is 185 g/mol. The van der Waals surface area contributed by atoms with Crippen molar-refractivity contribution >= 4 is 0 Å². The van der Waals surface area contributed by atoms with Crippen molar-refractivity contribution in [3.63, 3.8) is 0 Å². The molecule has 0 fully saturated rings. The molecule has 2 atom stereocenters. The van der Waals surface area contributed by atoms with Gasteiger partial charge in [-0.3, -0.25) is 0 Å². The first-order valence-corrected chi connectivity index (χ1v) is 5.00. The third kappa shape index (κ3) is 3.92. The fourth-order valence-corrected chi connectivity index (χ4v) is 1.30. The van der Waals surface area contributed by atoms with Crippen LogP contribution in [0.5, 0.6) is 0 Å². The second-order valence-corrected chi connectivity index (χ2v) is 3.87. The predicted octanol–water partition coefficient (Wildman–Crippen LogP) is 2.49. The molecule has 2 unspecified atom stereocenters. The summed E-state index contributed by atoms with van der Waals surface area (Å²) in [6.07, 6.45) is 3.00. The normalized spacial score (nSPS) is 17.7. The summed E-state index contributed by atoms with van der Waals surface area (Å²) < 4.78 is 5.67. The highest BCUT2D eigenvalue weighted by atomic mass is 16.5. The molecule has 0 saturated heterocycles. The fraction of sp³-hybridized carbons (Fsp3) is 0.818. The molecule has 0 radical (unpaired) electrons. The van der Waals surface area contributed by atoms with Gasteiger partial charge >= 0.3 is 0 Å². The molecule has 0 aromatic heterocycles. The first-order valence-electron chi connectivity index (χ1n) is 5.00. The number of hydrogen-bond acceptors (Lipinski definition) is 2. The molecule has 78 valence electrons. The summed E-state index contributed by atoms with van der Waals surface area (Å²) in [6.45, 7) is 11.0. The van der Waals surface area contributed by atoms with Crippen LogP contribution in [0.3, 0.4) is 0 Å². The minimum absolute atomic E-state index is 0.0116. The number of nitrogens with two attached hydrogens (primary N) is 1. The molecule has 0 aliphatic carbocycles. The zero-order valence-electron chi connectivity index (χ0n) is 9.55. The Morgan fingerprint density at radius 3 is 2.31 bits per heavy atom. The van der Waals surface area contributed by atoms with Crippen LogP contribution in [0.2, 0.25) is 0 Å². The van der Waals surface area contributed by atoms with Crippen molar-refractivity contribution in [2.75, 3.05) is 6.61 Å². The van der Waals surface area contributed by atoms with Gasteiger partial charge < -0.3 is 10.5 Å². The van der Waals surface area contributed by atoms with E-state index < -0.39 is 0 Å². The lowest BCUT2D eigenvalue weighted by Crippen LogP contribution is -2.46. The smallest absolute Gasteiger partial charge is 0.0837 e. The third-order valence-electron chi connectivity index (χ3n) is 2.39. The van der Waals surface area contributed by atoms with Crippen molar-refractivity contribution in [3.8, 4) is 0 Å². The SMILES string of the molecule is CCOC(C)(CC)C(N)C=C(C)C. The standard InChI is InChI=1S/C11H23NO/c1-6-11(5,13-7-2)10(12)8-9(3)4/h8,10H,6-7,12H2,1-5H3. The Hall–Kier alpha value is -0.340. The van der Waals surface area contributed by atoms with E-state index in [2.05, 4.69) is 33.8 Å². The lowest BCUT2D eigenvalue weighted by molar-refractivity contribution is -0.0363. The molecule has 0 saturated carbocycles. The van der Waals surface area contributed by atoms with Crippen LogP contribution in [0.25, 0.3) is 0 Å². The zero-order valence-corrected chi connectivity index (χ0v) is 9.55. The molecule has 0 aliphatic heterocycles. The van der Waals surface area contributed by atoms with Crippen LogP contribution in [-0.2, 0) is 4.74 Å². The van der Waals surface area contributed by atoms with Gasteiger partial charge in [0.15, 0.2) is 0 Å². The molecule has 0 amide bonds. The fourth-order valence-electron chi connectivity index (χ4n) is 1.30. The van der Waals surface area contributed by atoms with Gasteiger partial charge in [0.2, 0.25) is 0 Å². The molecule has 2 N–H and O–H groups in total. The molecule has 2 nitrogen and oxygen atoms in total. The maximum atomic E-state index is 6.05. The largest absolute Gasteiger partial charge is 0.374 e. The van der Waals surface area contributed by atoms with E-state index in [1.165, 1.54) is 5.57 Å². The first-order chi connectivity index (χ1) is 5.96. The van der Waals surface area contributed by atoms with Crippen LogP contribution in [0.15, 0.2) is 11.6 Å². The van der Waals surface area contributed by atoms with Crippen molar-refractivity contribution in [1.29, 1.82) is 0 Å². The third-order valence-corrected chi connectivity index (χ3v) is 2.39. The van der Waals surface area contributed by atoms with E-state index in [0.29, 0.717) is 6.61 Å². The van der Waals surface area contributed by atoms with Crippen LogP contribution in [0.4, 0.5) is 0 Å². The zero-order chi connectivity index (χ0) is 10.5. The Morgan fingerprint density at radius 1 is 1.46 bits per heavy atom. The molecule has 0 aliphatic rings. The number of rotatable bonds is 5. The minimum atomic E-state index is -0.216. The Morgan fingerprint density at radius 2 is 2.00 bits per heavy atom. The summed E-state index contributed by atoms with van der Waals surface area (Å²) >= 11 is 0. The Balaban J connectivity index is 4.46. The van der Waals surface area contributed by atoms with E-state index in [9.17, 15) is 0 Å². The predicted molar refractivity (Wildman–Crippen MR) is 57.7 cm³/mol. The van der Waals surface area contributed by atoms with Crippen LogP contribution < -0.4 is 5.73 Å². The molecule has 0 bridgehead atoms. The van der Waals surface area contributed by atoms with E-state index in [1.807, 2.05) is 6.92 Å². The molecular formula is C11H23NO. The van der Waals surface area contributed by atoms with E-state index in [1.54, 1.807) is 0 Å². The number of allylic oxidation sites excluding steroid dienone is 1. The highest BCUT2D eigenvalue weighted by Crippen LogP contribution is 2.20. The van der Waals surface area contributed by atoms with Gasteiger partial charge in [-0.25, -0.2) is 0 Å². The lowest BCUT2D eigenvalue weighted by Gasteiger charge is -2.33. The minimum Gasteiger partial charge on any atom is -0.374 e. The maximum Gasteiger partial charge on any atom is 0.0837 e. The van der Waals surface area contributed by atoms with Gasteiger partial charge in [-0.15, -0.1) is 0 Å². The van der Waals surface area contributed by atoms with Crippen molar-refractivity contribution < 1.29 is 4.74 Å². The van der Waals surface area contributed by atoms with E-state index in [4.69, 9.17) is 10.5 Å². The molecule has 13 heavy (non-hydrogen) atoms. The van der Waals surface area contributed by atoms with E-state index in [0.717, 1.165) is 6.42 Å². The second-order valence-electron chi connectivity index (χ2n) is 3.87. The summed E-state index contributed by atoms with van der Waals surface area (Å²) in [5, 5.41) is 0. The van der Waals surface area contributed by atoms with Gasteiger partial charge in [0.1, 0.15) is 0 Å². The first kappa shape index (κ1) is 12.7. The topological polar surface area (TPSA) is 35.2 Å². The highest BCUT2D eigenvalue weighted by Gasteiger charge is 2.28. The quantitative estimate of drug-likeness (QED) is 0.668. The summed E-state index contributed by atoms with van der Waals surface area (Å²) in [5.74, 6) is 0. The van der Waals surface area contributed by atoms with E-state index in [-0.39, 0.29) is 11.6 Å². The average Bonchev–Trinajstić information content (AvgIpc) is 2.03. The summed E-state index contributed by atoms with van der Waals surface area (Å²) in [6, 6.07) is -0.0116. The molecule has 0 aromatic carbocycles.